The highest BCUT2D eigenvalue weighted by atomic mass is 35.5. The largest absolute Gasteiger partial charge is 0.394 e. The maximum absolute atomic E-state index is 13.4. The molecule has 1 aromatic heterocycles. The van der Waals surface area contributed by atoms with Crippen LogP contribution in [0.25, 0.3) is 0 Å². The second-order valence-electron chi connectivity index (χ2n) is 4.47. The van der Waals surface area contributed by atoms with Gasteiger partial charge in [-0.1, -0.05) is 17.7 Å². The first-order chi connectivity index (χ1) is 10.0. The lowest BCUT2D eigenvalue weighted by molar-refractivity contribution is 0.0916. The molecule has 0 bridgehead atoms. The van der Waals surface area contributed by atoms with Crippen molar-refractivity contribution in [1.29, 1.82) is 0 Å². The van der Waals surface area contributed by atoms with Crippen LogP contribution < -0.4 is 5.32 Å². The van der Waals surface area contributed by atoms with Gasteiger partial charge in [0.05, 0.1) is 29.4 Å². The number of carbonyl (C=O) groups excluding carboxylic acids is 1. The summed E-state index contributed by atoms with van der Waals surface area (Å²) in [6.45, 7) is 2.20. The molecule has 2 aromatic rings. The molecule has 1 heterocycles. The first kappa shape index (κ1) is 15.5. The molecule has 1 atom stereocenters. The van der Waals surface area contributed by atoms with Crippen LogP contribution in [0.4, 0.5) is 4.39 Å². The fourth-order valence-electron chi connectivity index (χ4n) is 1.86. The zero-order valence-corrected chi connectivity index (χ0v) is 12.1. The molecule has 7 heteroatoms. The number of hydrogen-bond donors (Lipinski definition) is 2. The van der Waals surface area contributed by atoms with Gasteiger partial charge in [0, 0.05) is 12.7 Å². The average molecular weight is 312 g/mol. The van der Waals surface area contributed by atoms with E-state index in [2.05, 4.69) is 10.4 Å². The van der Waals surface area contributed by atoms with Gasteiger partial charge < -0.3 is 10.4 Å². The van der Waals surface area contributed by atoms with Crippen LogP contribution in [0.1, 0.15) is 28.9 Å². The standard InChI is InChI=1S/C14H15ClFN3O2/c1-2-19-7-10(6-17-19)14(21)18-13(8-20)9-3-4-11(15)12(16)5-9/h3-7,13,20H,2,8H2,1H3,(H,18,21). The van der Waals surface area contributed by atoms with Crippen LogP contribution in [0.3, 0.4) is 0 Å². The molecule has 112 valence electrons. The molecule has 0 radical (unpaired) electrons. The molecule has 1 aromatic carbocycles. The van der Waals surface area contributed by atoms with E-state index in [1.807, 2.05) is 6.92 Å². The number of amides is 1. The Bertz CT molecular complexity index is 645. The molecule has 0 saturated heterocycles. The van der Waals surface area contributed by atoms with E-state index < -0.39 is 11.9 Å². The van der Waals surface area contributed by atoms with Crippen LogP contribution in [0.2, 0.25) is 5.02 Å². The molecule has 0 spiro atoms. The number of hydrogen-bond acceptors (Lipinski definition) is 3. The quantitative estimate of drug-likeness (QED) is 0.889. The van der Waals surface area contributed by atoms with Gasteiger partial charge in [0.1, 0.15) is 5.82 Å². The van der Waals surface area contributed by atoms with Crippen molar-refractivity contribution in [2.45, 2.75) is 19.5 Å². The highest BCUT2D eigenvalue weighted by Crippen LogP contribution is 2.20. The van der Waals surface area contributed by atoms with Crippen LogP contribution in [-0.2, 0) is 6.54 Å². The molecule has 1 amide bonds. The van der Waals surface area contributed by atoms with E-state index in [4.69, 9.17) is 11.6 Å². The fraction of sp³-hybridized carbons (Fsp3) is 0.286. The number of aryl methyl sites for hydroxylation is 1. The highest BCUT2D eigenvalue weighted by molar-refractivity contribution is 6.30. The molecule has 5 nitrogen and oxygen atoms in total. The number of nitrogens with one attached hydrogen (secondary N) is 1. The Hall–Kier alpha value is -1.92. The Morgan fingerprint density at radius 1 is 1.57 bits per heavy atom. The van der Waals surface area contributed by atoms with Crippen molar-refractivity contribution in [2.24, 2.45) is 0 Å². The number of aliphatic hydroxyl groups excluding tert-OH is 1. The summed E-state index contributed by atoms with van der Waals surface area (Å²) in [4.78, 5) is 12.1. The molecule has 21 heavy (non-hydrogen) atoms. The Morgan fingerprint density at radius 2 is 2.33 bits per heavy atom. The molecule has 0 fully saturated rings. The minimum atomic E-state index is -0.714. The van der Waals surface area contributed by atoms with Crippen LogP contribution in [0.15, 0.2) is 30.6 Å². The predicted molar refractivity (Wildman–Crippen MR) is 76.6 cm³/mol. The number of halogens is 2. The van der Waals surface area contributed by atoms with Gasteiger partial charge in [-0.3, -0.25) is 9.48 Å². The van der Waals surface area contributed by atoms with Crippen molar-refractivity contribution in [1.82, 2.24) is 15.1 Å². The van der Waals surface area contributed by atoms with E-state index in [-0.39, 0.29) is 17.5 Å². The summed E-state index contributed by atoms with van der Waals surface area (Å²) in [5.41, 5.74) is 0.820. The number of carbonyl (C=O) groups is 1. The van der Waals surface area contributed by atoms with E-state index in [0.717, 1.165) is 0 Å². The predicted octanol–water partition coefficient (Wildman–Crippen LogP) is 2.16. The van der Waals surface area contributed by atoms with Crippen molar-refractivity contribution in [3.8, 4) is 0 Å². The molecular weight excluding hydrogens is 297 g/mol. The summed E-state index contributed by atoms with van der Waals surface area (Å²) >= 11 is 5.61. The van der Waals surface area contributed by atoms with Crippen molar-refractivity contribution in [3.63, 3.8) is 0 Å². The monoisotopic (exact) mass is 311 g/mol. The normalized spacial score (nSPS) is 12.2. The molecule has 2 N–H and O–H groups in total. The lowest BCUT2D eigenvalue weighted by Crippen LogP contribution is -2.30. The van der Waals surface area contributed by atoms with E-state index >= 15 is 0 Å². The maximum Gasteiger partial charge on any atom is 0.255 e. The van der Waals surface area contributed by atoms with E-state index in [1.165, 1.54) is 18.3 Å². The first-order valence-corrected chi connectivity index (χ1v) is 6.82. The van der Waals surface area contributed by atoms with E-state index in [9.17, 15) is 14.3 Å². The fourth-order valence-corrected chi connectivity index (χ4v) is 1.98. The summed E-state index contributed by atoms with van der Waals surface area (Å²) in [6.07, 6.45) is 3.04. The van der Waals surface area contributed by atoms with Crippen molar-refractivity contribution >= 4 is 17.5 Å². The van der Waals surface area contributed by atoms with Crippen LogP contribution >= 0.6 is 11.6 Å². The van der Waals surface area contributed by atoms with Gasteiger partial charge >= 0.3 is 0 Å². The Morgan fingerprint density at radius 3 is 2.90 bits per heavy atom. The SMILES string of the molecule is CCn1cc(C(=O)NC(CO)c2ccc(Cl)c(F)c2)cn1. The lowest BCUT2D eigenvalue weighted by Gasteiger charge is -2.16. The topological polar surface area (TPSA) is 67.2 Å². The Labute approximate surface area is 126 Å². The third-order valence-electron chi connectivity index (χ3n) is 3.05. The minimum Gasteiger partial charge on any atom is -0.394 e. The van der Waals surface area contributed by atoms with Crippen molar-refractivity contribution in [3.05, 3.63) is 52.6 Å². The molecule has 2 rings (SSSR count). The zero-order chi connectivity index (χ0) is 15.4. The Kier molecular flexibility index (Phi) is 4.93. The molecule has 0 saturated carbocycles. The summed E-state index contributed by atoms with van der Waals surface area (Å²) in [6, 6.07) is 3.42. The Balaban J connectivity index is 2.14. The minimum absolute atomic E-state index is 0.00834. The second-order valence-corrected chi connectivity index (χ2v) is 4.87. The maximum atomic E-state index is 13.4. The number of aliphatic hydroxyl groups is 1. The van der Waals surface area contributed by atoms with E-state index in [1.54, 1.807) is 16.9 Å². The molecule has 1 unspecified atom stereocenters. The van der Waals surface area contributed by atoms with Gasteiger partial charge in [0.15, 0.2) is 0 Å². The number of aromatic nitrogens is 2. The molecule has 0 aliphatic rings. The van der Waals surface area contributed by atoms with Crippen LogP contribution in [0, 0.1) is 5.82 Å². The molecule has 0 aliphatic carbocycles. The van der Waals surface area contributed by atoms with Crippen LogP contribution in [0.5, 0.6) is 0 Å². The zero-order valence-electron chi connectivity index (χ0n) is 11.4. The van der Waals surface area contributed by atoms with Gasteiger partial charge in [0.2, 0.25) is 0 Å². The average Bonchev–Trinajstić information content (AvgIpc) is 2.96. The number of benzene rings is 1. The molecule has 0 aliphatic heterocycles. The van der Waals surface area contributed by atoms with Gasteiger partial charge in [-0.2, -0.15) is 5.10 Å². The second kappa shape index (κ2) is 6.69. The smallest absolute Gasteiger partial charge is 0.255 e. The van der Waals surface area contributed by atoms with Crippen LogP contribution in [-0.4, -0.2) is 27.4 Å². The summed E-state index contributed by atoms with van der Waals surface area (Å²) in [5.74, 6) is -0.982. The highest BCUT2D eigenvalue weighted by Gasteiger charge is 2.17. The lowest BCUT2D eigenvalue weighted by atomic mass is 10.1. The third-order valence-corrected chi connectivity index (χ3v) is 3.36. The van der Waals surface area contributed by atoms with Crippen molar-refractivity contribution < 1.29 is 14.3 Å². The summed E-state index contributed by atoms with van der Waals surface area (Å²) in [7, 11) is 0. The van der Waals surface area contributed by atoms with Gasteiger partial charge in [-0.15, -0.1) is 0 Å². The first-order valence-electron chi connectivity index (χ1n) is 6.44. The number of rotatable bonds is 5. The summed E-state index contributed by atoms with van der Waals surface area (Å²) < 4.78 is 15.1. The van der Waals surface area contributed by atoms with E-state index in [0.29, 0.717) is 17.7 Å². The summed E-state index contributed by atoms with van der Waals surface area (Å²) in [5, 5.41) is 16.0. The molecular formula is C14H15ClFN3O2. The number of nitrogens with zero attached hydrogens (tertiary/aromatic N) is 2. The van der Waals surface area contributed by atoms with Crippen molar-refractivity contribution in [2.75, 3.05) is 6.61 Å². The van der Waals surface area contributed by atoms with Gasteiger partial charge in [0.25, 0.3) is 5.91 Å². The van der Waals surface area contributed by atoms with Gasteiger partial charge in [-0.25, -0.2) is 4.39 Å². The third kappa shape index (κ3) is 3.59. The van der Waals surface area contributed by atoms with Gasteiger partial charge in [-0.05, 0) is 24.6 Å².